The van der Waals surface area contributed by atoms with Gasteiger partial charge in [-0.15, -0.1) is 0 Å². The van der Waals surface area contributed by atoms with E-state index in [1.54, 1.807) is 11.0 Å². The normalized spacial score (nSPS) is 12.5. The summed E-state index contributed by atoms with van der Waals surface area (Å²) in [6.45, 7) is 2.17. The summed E-state index contributed by atoms with van der Waals surface area (Å²) in [6, 6.07) is 17.8. The summed E-state index contributed by atoms with van der Waals surface area (Å²) in [5, 5.41) is 6.91. The van der Waals surface area contributed by atoms with E-state index in [4.69, 9.17) is 0 Å². The van der Waals surface area contributed by atoms with Gasteiger partial charge in [-0.05, 0) is 42.7 Å². The standard InChI is InChI=1S/C22H20N4O3/c1-15-6-2-4-8-17(15)23-20(27)14-26-21(28)11-10-18(24-26)22(29)25-13-12-16-7-3-5-9-19(16)25/h2-11H,12-14H2,1H3,(H,23,27). The Morgan fingerprint density at radius 2 is 1.79 bits per heavy atom. The predicted molar refractivity (Wildman–Crippen MR) is 110 cm³/mol. The van der Waals surface area contributed by atoms with Crippen molar-refractivity contribution in [2.75, 3.05) is 16.8 Å². The van der Waals surface area contributed by atoms with Crippen molar-refractivity contribution in [1.29, 1.82) is 0 Å². The molecule has 146 valence electrons. The van der Waals surface area contributed by atoms with E-state index >= 15 is 0 Å². The maximum Gasteiger partial charge on any atom is 0.278 e. The average molecular weight is 388 g/mol. The molecule has 4 rings (SSSR count). The number of anilines is 2. The highest BCUT2D eigenvalue weighted by Gasteiger charge is 2.26. The molecule has 0 bridgehead atoms. The number of carbonyl (C=O) groups is 2. The number of nitrogens with zero attached hydrogens (tertiary/aromatic N) is 3. The van der Waals surface area contributed by atoms with E-state index in [-0.39, 0.29) is 24.1 Å². The van der Waals surface area contributed by atoms with Crippen LogP contribution in [0, 0.1) is 6.92 Å². The lowest BCUT2D eigenvalue weighted by Gasteiger charge is -2.17. The first-order valence-electron chi connectivity index (χ1n) is 9.36. The Kier molecular flexibility index (Phi) is 4.95. The van der Waals surface area contributed by atoms with Crippen LogP contribution in [0.2, 0.25) is 0 Å². The fourth-order valence-corrected chi connectivity index (χ4v) is 3.40. The van der Waals surface area contributed by atoms with Gasteiger partial charge in [0.05, 0.1) is 0 Å². The molecule has 0 atom stereocenters. The first-order chi connectivity index (χ1) is 14.0. The fourth-order valence-electron chi connectivity index (χ4n) is 3.40. The van der Waals surface area contributed by atoms with Crippen molar-refractivity contribution in [3.05, 3.63) is 87.8 Å². The molecule has 0 radical (unpaired) electrons. The number of aryl methyl sites for hydroxylation is 1. The number of hydrogen-bond donors (Lipinski definition) is 1. The summed E-state index contributed by atoms with van der Waals surface area (Å²) < 4.78 is 1.02. The molecule has 1 aliphatic rings. The van der Waals surface area contributed by atoms with Gasteiger partial charge in [0.1, 0.15) is 12.2 Å². The third-order valence-corrected chi connectivity index (χ3v) is 4.93. The molecule has 2 aromatic carbocycles. The molecule has 7 heteroatoms. The Bertz CT molecular complexity index is 1150. The highest BCUT2D eigenvalue weighted by molar-refractivity contribution is 6.06. The van der Waals surface area contributed by atoms with Crippen LogP contribution in [-0.2, 0) is 17.8 Å². The van der Waals surface area contributed by atoms with Crippen molar-refractivity contribution in [2.45, 2.75) is 19.9 Å². The van der Waals surface area contributed by atoms with Gasteiger partial charge >= 0.3 is 0 Å². The topological polar surface area (TPSA) is 84.3 Å². The molecule has 0 unspecified atom stereocenters. The van der Waals surface area contributed by atoms with Gasteiger partial charge in [-0.1, -0.05) is 36.4 Å². The van der Waals surface area contributed by atoms with Gasteiger partial charge in [0.2, 0.25) is 5.91 Å². The van der Waals surface area contributed by atoms with Crippen molar-refractivity contribution in [3.8, 4) is 0 Å². The Morgan fingerprint density at radius 1 is 1.03 bits per heavy atom. The molecule has 7 nitrogen and oxygen atoms in total. The lowest BCUT2D eigenvalue weighted by Crippen LogP contribution is -2.34. The summed E-state index contributed by atoms with van der Waals surface area (Å²) in [5.41, 5.74) is 3.23. The van der Waals surface area contributed by atoms with Crippen LogP contribution in [-0.4, -0.2) is 28.1 Å². The van der Waals surface area contributed by atoms with Crippen LogP contribution in [0.3, 0.4) is 0 Å². The number of aromatic nitrogens is 2. The van der Waals surface area contributed by atoms with Crippen LogP contribution in [0.25, 0.3) is 0 Å². The second-order valence-corrected chi connectivity index (χ2v) is 6.91. The number of amides is 2. The number of nitrogens with one attached hydrogen (secondary N) is 1. The minimum absolute atomic E-state index is 0.130. The van der Waals surface area contributed by atoms with Gasteiger partial charge in [-0.2, -0.15) is 5.10 Å². The Hall–Kier alpha value is -3.74. The van der Waals surface area contributed by atoms with Crippen LogP contribution in [0.5, 0.6) is 0 Å². The van der Waals surface area contributed by atoms with E-state index in [0.29, 0.717) is 12.2 Å². The molecule has 0 spiro atoms. The zero-order valence-electron chi connectivity index (χ0n) is 16.0. The Labute approximate surface area is 167 Å². The molecule has 2 amide bonds. The van der Waals surface area contributed by atoms with E-state index in [1.807, 2.05) is 49.4 Å². The maximum absolute atomic E-state index is 12.9. The Balaban J connectivity index is 1.54. The molecule has 1 N–H and O–H groups in total. The first-order valence-corrected chi connectivity index (χ1v) is 9.36. The molecule has 3 aromatic rings. The predicted octanol–water partition coefficient (Wildman–Crippen LogP) is 2.39. The van der Waals surface area contributed by atoms with Gasteiger partial charge in [-0.25, -0.2) is 4.68 Å². The lowest BCUT2D eigenvalue weighted by molar-refractivity contribution is -0.117. The largest absolute Gasteiger partial charge is 0.324 e. The van der Waals surface area contributed by atoms with E-state index in [9.17, 15) is 14.4 Å². The van der Waals surface area contributed by atoms with Crippen molar-refractivity contribution in [1.82, 2.24) is 9.78 Å². The zero-order chi connectivity index (χ0) is 20.4. The van der Waals surface area contributed by atoms with Crippen molar-refractivity contribution in [2.24, 2.45) is 0 Å². The zero-order valence-corrected chi connectivity index (χ0v) is 16.0. The van der Waals surface area contributed by atoms with Gasteiger partial charge in [0.15, 0.2) is 0 Å². The monoisotopic (exact) mass is 388 g/mol. The van der Waals surface area contributed by atoms with Crippen LogP contribution < -0.4 is 15.8 Å². The van der Waals surface area contributed by atoms with Gasteiger partial charge < -0.3 is 10.2 Å². The smallest absolute Gasteiger partial charge is 0.278 e. The molecule has 1 aromatic heterocycles. The molecule has 0 fully saturated rings. The summed E-state index contributed by atoms with van der Waals surface area (Å²) in [4.78, 5) is 39.1. The highest BCUT2D eigenvalue weighted by atomic mass is 16.2. The molecule has 1 aliphatic heterocycles. The highest BCUT2D eigenvalue weighted by Crippen LogP contribution is 2.28. The lowest BCUT2D eigenvalue weighted by atomic mass is 10.2. The minimum atomic E-state index is -0.441. The molecular weight excluding hydrogens is 368 g/mol. The molecule has 2 heterocycles. The molecule has 0 saturated heterocycles. The number of hydrogen-bond acceptors (Lipinski definition) is 4. The first kappa shape index (κ1) is 18.6. The third kappa shape index (κ3) is 3.80. The van der Waals surface area contributed by atoms with Gasteiger partial charge in [0, 0.05) is 24.0 Å². The summed E-state index contributed by atoms with van der Waals surface area (Å²) in [7, 11) is 0. The van der Waals surface area contributed by atoms with Gasteiger partial charge in [0.25, 0.3) is 11.5 Å². The van der Waals surface area contributed by atoms with Crippen molar-refractivity contribution in [3.63, 3.8) is 0 Å². The Morgan fingerprint density at radius 3 is 2.62 bits per heavy atom. The molecular formula is C22H20N4O3. The fraction of sp³-hybridized carbons (Fsp3) is 0.182. The van der Waals surface area contributed by atoms with Crippen LogP contribution in [0.1, 0.15) is 21.6 Å². The van der Waals surface area contributed by atoms with E-state index in [0.717, 1.165) is 27.9 Å². The van der Waals surface area contributed by atoms with Crippen molar-refractivity contribution >= 4 is 23.2 Å². The maximum atomic E-state index is 12.9. The molecule has 29 heavy (non-hydrogen) atoms. The van der Waals surface area contributed by atoms with E-state index < -0.39 is 5.56 Å². The summed E-state index contributed by atoms with van der Waals surface area (Å²) in [5.74, 6) is -0.673. The SMILES string of the molecule is Cc1ccccc1NC(=O)Cn1nc(C(=O)N2CCc3ccccc32)ccc1=O. The summed E-state index contributed by atoms with van der Waals surface area (Å²) in [6.07, 6.45) is 0.778. The van der Waals surface area contributed by atoms with Crippen LogP contribution in [0.4, 0.5) is 11.4 Å². The van der Waals surface area contributed by atoms with E-state index in [1.165, 1.54) is 12.1 Å². The van der Waals surface area contributed by atoms with Crippen LogP contribution in [0.15, 0.2) is 65.5 Å². The second kappa shape index (κ2) is 7.71. The molecule has 0 saturated carbocycles. The number of rotatable bonds is 4. The average Bonchev–Trinajstić information content (AvgIpc) is 3.15. The third-order valence-electron chi connectivity index (χ3n) is 4.93. The summed E-state index contributed by atoms with van der Waals surface area (Å²) >= 11 is 0. The number of fused-ring (bicyclic) bond motifs is 1. The second-order valence-electron chi connectivity index (χ2n) is 6.91. The quantitative estimate of drug-likeness (QED) is 0.744. The number of carbonyl (C=O) groups excluding carboxylic acids is 2. The molecule has 0 aliphatic carbocycles. The number of para-hydroxylation sites is 2. The number of benzene rings is 2. The van der Waals surface area contributed by atoms with Crippen LogP contribution >= 0.6 is 0 Å². The van der Waals surface area contributed by atoms with Crippen molar-refractivity contribution < 1.29 is 9.59 Å². The van der Waals surface area contributed by atoms with E-state index in [2.05, 4.69) is 10.4 Å². The van der Waals surface area contributed by atoms with Gasteiger partial charge in [-0.3, -0.25) is 14.4 Å². The minimum Gasteiger partial charge on any atom is -0.324 e.